The van der Waals surface area contributed by atoms with Crippen molar-refractivity contribution < 1.29 is 13.2 Å². The van der Waals surface area contributed by atoms with Crippen LogP contribution in [0, 0.1) is 0 Å². The molecule has 0 bridgehead atoms. The second kappa shape index (κ2) is 6.76. The van der Waals surface area contributed by atoms with Gasteiger partial charge >= 0.3 is 0 Å². The minimum absolute atomic E-state index is 0.296. The summed E-state index contributed by atoms with van der Waals surface area (Å²) in [5.74, 6) is 0.639. The molecule has 0 saturated carbocycles. The fourth-order valence-electron chi connectivity index (χ4n) is 2.31. The maximum absolute atomic E-state index is 12.2. The van der Waals surface area contributed by atoms with Crippen molar-refractivity contribution in [3.63, 3.8) is 0 Å². The Hall–Kier alpha value is -1.12. The van der Waals surface area contributed by atoms with Crippen molar-refractivity contribution in [1.82, 2.24) is 9.29 Å². The number of rotatable bonds is 5. The maximum atomic E-state index is 12.2. The third-order valence-electron chi connectivity index (χ3n) is 3.23. The SMILES string of the molecule is CCSc1ccc(NC(=O)[C@H]2CCCN2S(C)(=O)=O)cn1. The Labute approximate surface area is 129 Å². The minimum Gasteiger partial charge on any atom is -0.323 e. The molecule has 8 heteroatoms. The van der Waals surface area contributed by atoms with Gasteiger partial charge in [-0.05, 0) is 30.7 Å². The molecule has 6 nitrogen and oxygen atoms in total. The summed E-state index contributed by atoms with van der Waals surface area (Å²) in [4.78, 5) is 16.5. The Kier molecular flexibility index (Phi) is 5.23. The van der Waals surface area contributed by atoms with Gasteiger partial charge in [0, 0.05) is 6.54 Å². The third kappa shape index (κ3) is 4.18. The number of anilines is 1. The van der Waals surface area contributed by atoms with Crippen LogP contribution in [0.5, 0.6) is 0 Å². The lowest BCUT2D eigenvalue weighted by Crippen LogP contribution is -2.42. The second-order valence-corrected chi connectivity index (χ2v) is 8.06. The molecule has 0 radical (unpaired) electrons. The maximum Gasteiger partial charge on any atom is 0.242 e. The number of carbonyl (C=O) groups is 1. The molecule has 0 spiro atoms. The lowest BCUT2D eigenvalue weighted by atomic mass is 10.2. The van der Waals surface area contributed by atoms with E-state index in [0.29, 0.717) is 25.1 Å². The monoisotopic (exact) mass is 329 g/mol. The summed E-state index contributed by atoms with van der Waals surface area (Å²) in [5.41, 5.74) is 0.584. The quantitative estimate of drug-likeness (QED) is 0.829. The molecule has 21 heavy (non-hydrogen) atoms. The van der Waals surface area contributed by atoms with Crippen molar-refractivity contribution in [2.75, 3.05) is 23.9 Å². The number of hydrogen-bond acceptors (Lipinski definition) is 5. The minimum atomic E-state index is -3.35. The summed E-state index contributed by atoms with van der Waals surface area (Å²) in [6, 6.07) is 3.00. The Morgan fingerprint density at radius 1 is 1.52 bits per heavy atom. The van der Waals surface area contributed by atoms with Crippen LogP contribution in [0.15, 0.2) is 23.4 Å². The summed E-state index contributed by atoms with van der Waals surface area (Å²) in [7, 11) is -3.35. The highest BCUT2D eigenvalue weighted by molar-refractivity contribution is 7.99. The van der Waals surface area contributed by atoms with Crippen molar-refractivity contribution in [3.05, 3.63) is 18.3 Å². The fraction of sp³-hybridized carbons (Fsp3) is 0.538. The van der Waals surface area contributed by atoms with Gasteiger partial charge in [-0.15, -0.1) is 11.8 Å². The van der Waals surface area contributed by atoms with Crippen molar-refractivity contribution >= 4 is 33.4 Å². The summed E-state index contributed by atoms with van der Waals surface area (Å²) in [6.07, 6.45) is 3.98. The van der Waals surface area contributed by atoms with E-state index >= 15 is 0 Å². The molecular formula is C13H19N3O3S2. The van der Waals surface area contributed by atoms with E-state index in [1.807, 2.05) is 13.0 Å². The zero-order valence-corrected chi connectivity index (χ0v) is 13.7. The normalized spacial score (nSPS) is 19.6. The highest BCUT2D eigenvalue weighted by Crippen LogP contribution is 2.22. The van der Waals surface area contributed by atoms with E-state index in [9.17, 15) is 13.2 Å². The molecule has 0 unspecified atom stereocenters. The topological polar surface area (TPSA) is 79.4 Å². The van der Waals surface area contributed by atoms with Crippen LogP contribution in [0.3, 0.4) is 0 Å². The predicted octanol–water partition coefficient (Wildman–Crippen LogP) is 1.56. The Morgan fingerprint density at radius 2 is 2.29 bits per heavy atom. The van der Waals surface area contributed by atoms with Crippen LogP contribution >= 0.6 is 11.8 Å². The summed E-state index contributed by atoms with van der Waals surface area (Å²) in [6.45, 7) is 2.45. The average molecular weight is 329 g/mol. The number of thioether (sulfide) groups is 1. The first kappa shape index (κ1) is 16.3. The van der Waals surface area contributed by atoms with Crippen molar-refractivity contribution in [2.45, 2.75) is 30.8 Å². The van der Waals surface area contributed by atoms with Gasteiger partial charge in [0.15, 0.2) is 0 Å². The first-order chi connectivity index (χ1) is 9.91. The van der Waals surface area contributed by atoms with E-state index in [0.717, 1.165) is 17.0 Å². The zero-order chi connectivity index (χ0) is 15.5. The van der Waals surface area contributed by atoms with E-state index in [2.05, 4.69) is 10.3 Å². The van der Waals surface area contributed by atoms with Crippen LogP contribution in [0.1, 0.15) is 19.8 Å². The van der Waals surface area contributed by atoms with Gasteiger partial charge in [0.1, 0.15) is 6.04 Å². The summed E-state index contributed by atoms with van der Waals surface area (Å²) in [5, 5.41) is 3.64. The molecule has 1 N–H and O–H groups in total. The van der Waals surface area contributed by atoms with Gasteiger partial charge < -0.3 is 5.32 Å². The molecule has 1 aromatic rings. The standard InChI is InChI=1S/C13H19N3O3S2/c1-3-20-12-7-6-10(9-14-12)15-13(17)11-5-4-8-16(11)21(2,18)19/h6-7,9,11H,3-5,8H2,1-2H3,(H,15,17)/t11-/m1/s1. The number of amides is 1. The van der Waals surface area contributed by atoms with Gasteiger partial charge in [0.25, 0.3) is 0 Å². The molecule has 1 fully saturated rings. The Balaban J connectivity index is 2.04. The highest BCUT2D eigenvalue weighted by Gasteiger charge is 2.36. The predicted molar refractivity (Wildman–Crippen MR) is 83.8 cm³/mol. The van der Waals surface area contributed by atoms with Crippen molar-refractivity contribution in [2.24, 2.45) is 0 Å². The molecule has 2 heterocycles. The number of carbonyl (C=O) groups excluding carboxylic acids is 1. The number of sulfonamides is 1. The molecule has 1 amide bonds. The van der Waals surface area contributed by atoms with Crippen molar-refractivity contribution in [1.29, 1.82) is 0 Å². The van der Waals surface area contributed by atoms with Gasteiger partial charge in [0.05, 0.1) is 23.2 Å². The number of nitrogens with zero attached hydrogens (tertiary/aromatic N) is 2. The van der Waals surface area contributed by atoms with Crippen LogP contribution in [0.25, 0.3) is 0 Å². The van der Waals surface area contributed by atoms with Crippen LogP contribution < -0.4 is 5.32 Å². The second-order valence-electron chi connectivity index (χ2n) is 4.84. The zero-order valence-electron chi connectivity index (χ0n) is 12.1. The number of hydrogen-bond donors (Lipinski definition) is 1. The molecule has 0 aromatic carbocycles. The third-order valence-corrected chi connectivity index (χ3v) is 5.34. The van der Waals surface area contributed by atoms with E-state index in [4.69, 9.17) is 0 Å². The molecule has 1 saturated heterocycles. The summed E-state index contributed by atoms with van der Waals surface area (Å²) < 4.78 is 24.6. The molecule has 116 valence electrons. The number of nitrogens with one attached hydrogen (secondary N) is 1. The first-order valence-corrected chi connectivity index (χ1v) is 9.61. The first-order valence-electron chi connectivity index (χ1n) is 6.78. The lowest BCUT2D eigenvalue weighted by Gasteiger charge is -2.21. The van der Waals surface area contributed by atoms with Crippen molar-refractivity contribution in [3.8, 4) is 0 Å². The van der Waals surface area contributed by atoms with E-state index in [-0.39, 0.29) is 5.91 Å². The average Bonchev–Trinajstić information content (AvgIpc) is 2.90. The van der Waals surface area contributed by atoms with Gasteiger partial charge in [-0.25, -0.2) is 13.4 Å². The van der Waals surface area contributed by atoms with Crippen LogP contribution in [0.2, 0.25) is 0 Å². The largest absolute Gasteiger partial charge is 0.323 e. The van der Waals surface area contributed by atoms with Gasteiger partial charge in [-0.2, -0.15) is 4.31 Å². The smallest absolute Gasteiger partial charge is 0.242 e. The van der Waals surface area contributed by atoms with Gasteiger partial charge in [-0.3, -0.25) is 4.79 Å². The molecule has 1 aromatic heterocycles. The molecule has 1 atom stereocenters. The van der Waals surface area contributed by atoms with Crippen LogP contribution in [-0.2, 0) is 14.8 Å². The lowest BCUT2D eigenvalue weighted by molar-refractivity contribution is -0.119. The summed E-state index contributed by atoms with van der Waals surface area (Å²) >= 11 is 1.62. The molecule has 2 rings (SSSR count). The molecule has 1 aliphatic rings. The van der Waals surface area contributed by atoms with E-state index in [1.165, 1.54) is 4.31 Å². The Bertz CT molecular complexity index is 602. The molecule has 0 aliphatic carbocycles. The van der Waals surface area contributed by atoms with Gasteiger partial charge in [-0.1, -0.05) is 6.92 Å². The van der Waals surface area contributed by atoms with Gasteiger partial charge in [0.2, 0.25) is 15.9 Å². The van der Waals surface area contributed by atoms with E-state index < -0.39 is 16.1 Å². The van der Waals surface area contributed by atoms with Crippen LogP contribution in [0.4, 0.5) is 5.69 Å². The molecule has 1 aliphatic heterocycles. The highest BCUT2D eigenvalue weighted by atomic mass is 32.2. The van der Waals surface area contributed by atoms with Crippen LogP contribution in [-0.4, -0.2) is 48.2 Å². The Morgan fingerprint density at radius 3 is 2.86 bits per heavy atom. The number of pyridine rings is 1. The van der Waals surface area contributed by atoms with E-state index in [1.54, 1.807) is 24.0 Å². The fourth-order valence-corrected chi connectivity index (χ4v) is 4.02. The number of aromatic nitrogens is 1. The molecular weight excluding hydrogens is 310 g/mol.